The van der Waals surface area contributed by atoms with Crippen LogP contribution in [-0.4, -0.2) is 26.3 Å². The van der Waals surface area contributed by atoms with Gasteiger partial charge in [0.25, 0.3) is 0 Å². The van der Waals surface area contributed by atoms with Crippen molar-refractivity contribution in [1.82, 2.24) is 0 Å². The molecule has 0 atom stereocenters. The molecule has 1 aromatic heterocycles. The molecule has 2 aromatic carbocycles. The van der Waals surface area contributed by atoms with Crippen LogP contribution in [0.2, 0.25) is 0 Å². The second-order valence-electron chi connectivity index (χ2n) is 5.86. The first-order valence-corrected chi connectivity index (χ1v) is 8.70. The summed E-state index contributed by atoms with van der Waals surface area (Å²) >= 11 is 0. The Morgan fingerprint density at radius 3 is 2.57 bits per heavy atom. The number of hydrogen-bond acceptors (Lipinski definition) is 7. The lowest BCUT2D eigenvalue weighted by Gasteiger charge is -2.12. The van der Waals surface area contributed by atoms with E-state index in [1.165, 1.54) is 25.3 Å². The van der Waals surface area contributed by atoms with Gasteiger partial charge in [0.15, 0.2) is 11.5 Å². The average molecular weight is 384 g/mol. The zero-order valence-corrected chi connectivity index (χ0v) is 15.8. The molecule has 0 fully saturated rings. The minimum atomic E-state index is -0.548. The number of para-hydroxylation sites is 2. The Morgan fingerprint density at radius 1 is 1.11 bits per heavy atom. The Balaban J connectivity index is 1.97. The highest BCUT2D eigenvalue weighted by Crippen LogP contribution is 2.33. The van der Waals surface area contributed by atoms with Gasteiger partial charge in [-0.05, 0) is 38.1 Å². The molecule has 0 unspecified atom stereocenters. The van der Waals surface area contributed by atoms with Crippen LogP contribution in [-0.2, 0) is 9.53 Å². The summed E-state index contributed by atoms with van der Waals surface area (Å²) in [6.45, 7) is 3.79. The monoisotopic (exact) mass is 384 g/mol. The Morgan fingerprint density at radius 2 is 1.86 bits per heavy atom. The quantitative estimate of drug-likeness (QED) is 0.452. The number of aryl methyl sites for hydroxylation is 1. The summed E-state index contributed by atoms with van der Waals surface area (Å²) < 4.78 is 27.0. The van der Waals surface area contributed by atoms with Crippen LogP contribution >= 0.6 is 0 Å². The first-order chi connectivity index (χ1) is 13.5. The second kappa shape index (κ2) is 8.58. The normalized spacial score (nSPS) is 10.7. The summed E-state index contributed by atoms with van der Waals surface area (Å²) in [5.41, 5.74) is -0.0459. The number of carbonyl (C=O) groups excluding carboxylic acids is 1. The predicted octanol–water partition coefficient (Wildman–Crippen LogP) is 3.84. The van der Waals surface area contributed by atoms with Crippen molar-refractivity contribution in [1.29, 1.82) is 0 Å². The van der Waals surface area contributed by atoms with Gasteiger partial charge in [0.05, 0.1) is 12.0 Å². The van der Waals surface area contributed by atoms with Gasteiger partial charge in [-0.1, -0.05) is 12.1 Å². The summed E-state index contributed by atoms with van der Waals surface area (Å²) in [4.78, 5) is 24.5. The van der Waals surface area contributed by atoms with Crippen LogP contribution in [0.1, 0.15) is 12.7 Å². The zero-order valence-electron chi connectivity index (χ0n) is 15.8. The molecule has 0 aliphatic carbocycles. The number of carbonyl (C=O) groups is 1. The van der Waals surface area contributed by atoms with Crippen LogP contribution in [0, 0.1) is 6.92 Å². The van der Waals surface area contributed by atoms with Gasteiger partial charge in [0, 0.05) is 13.2 Å². The van der Waals surface area contributed by atoms with Gasteiger partial charge in [0.2, 0.25) is 11.2 Å². The van der Waals surface area contributed by atoms with Crippen molar-refractivity contribution in [2.24, 2.45) is 0 Å². The molecule has 3 rings (SSSR count). The standard InChI is InChI=1S/C21H20O7/c1-4-25-16-7-5-6-8-17(16)28-21-13(2)26-18-11-14(27-19(22)12-24-3)9-10-15(18)20(21)23/h5-11H,4,12H2,1-3H3. The first-order valence-electron chi connectivity index (χ1n) is 8.70. The van der Waals surface area contributed by atoms with Gasteiger partial charge < -0.3 is 23.4 Å². The summed E-state index contributed by atoms with van der Waals surface area (Å²) in [5.74, 6) is 1.03. The third-order valence-corrected chi connectivity index (χ3v) is 3.84. The van der Waals surface area contributed by atoms with Crippen molar-refractivity contribution < 1.29 is 28.2 Å². The van der Waals surface area contributed by atoms with E-state index in [-0.39, 0.29) is 29.1 Å². The highest BCUT2D eigenvalue weighted by Gasteiger charge is 2.17. The molecule has 0 amide bonds. The van der Waals surface area contributed by atoms with E-state index in [0.717, 1.165) is 0 Å². The van der Waals surface area contributed by atoms with Gasteiger partial charge in [-0.15, -0.1) is 0 Å². The number of hydrogen-bond donors (Lipinski definition) is 0. The van der Waals surface area contributed by atoms with Crippen LogP contribution in [0.15, 0.2) is 51.7 Å². The number of rotatable bonds is 7. The maximum atomic E-state index is 12.9. The van der Waals surface area contributed by atoms with Crippen molar-refractivity contribution in [3.63, 3.8) is 0 Å². The second-order valence-corrected chi connectivity index (χ2v) is 5.86. The molecule has 0 aliphatic rings. The molecule has 0 saturated carbocycles. The number of fused-ring (bicyclic) bond motifs is 1. The van der Waals surface area contributed by atoms with Crippen molar-refractivity contribution >= 4 is 16.9 Å². The van der Waals surface area contributed by atoms with E-state index >= 15 is 0 Å². The molecule has 7 nitrogen and oxygen atoms in total. The van der Waals surface area contributed by atoms with Crippen LogP contribution in [0.3, 0.4) is 0 Å². The van der Waals surface area contributed by atoms with Crippen LogP contribution in [0.5, 0.6) is 23.0 Å². The molecule has 0 bridgehead atoms. The first kappa shape index (κ1) is 19.4. The summed E-state index contributed by atoms with van der Waals surface area (Å²) in [5, 5.41) is 0.307. The third kappa shape index (κ3) is 4.15. The largest absolute Gasteiger partial charge is 0.490 e. The lowest BCUT2D eigenvalue weighted by atomic mass is 10.2. The molecule has 1 heterocycles. The molecule has 146 valence electrons. The van der Waals surface area contributed by atoms with Crippen molar-refractivity contribution in [3.05, 3.63) is 58.4 Å². The predicted molar refractivity (Wildman–Crippen MR) is 102 cm³/mol. The lowest BCUT2D eigenvalue weighted by Crippen LogP contribution is -2.14. The van der Waals surface area contributed by atoms with Crippen LogP contribution in [0.4, 0.5) is 0 Å². The minimum Gasteiger partial charge on any atom is -0.490 e. The van der Waals surface area contributed by atoms with Gasteiger partial charge in [-0.25, -0.2) is 4.79 Å². The maximum Gasteiger partial charge on any atom is 0.337 e. The SMILES string of the molecule is CCOc1ccccc1Oc1c(C)oc2cc(OC(=O)COC)ccc2c1=O. The lowest BCUT2D eigenvalue weighted by molar-refractivity contribution is -0.138. The molecule has 28 heavy (non-hydrogen) atoms. The van der Waals surface area contributed by atoms with E-state index in [1.54, 1.807) is 25.1 Å². The van der Waals surface area contributed by atoms with Crippen molar-refractivity contribution in [3.8, 4) is 23.0 Å². The fourth-order valence-corrected chi connectivity index (χ4v) is 2.65. The molecule has 7 heteroatoms. The van der Waals surface area contributed by atoms with Crippen molar-refractivity contribution in [2.45, 2.75) is 13.8 Å². The Kier molecular flexibility index (Phi) is 5.96. The fraction of sp³-hybridized carbons (Fsp3) is 0.238. The average Bonchev–Trinajstić information content (AvgIpc) is 2.66. The van der Waals surface area contributed by atoms with E-state index in [2.05, 4.69) is 0 Å². The molecule has 0 spiro atoms. The number of benzene rings is 2. The maximum absolute atomic E-state index is 12.9. The molecule has 0 aliphatic heterocycles. The van der Waals surface area contributed by atoms with Gasteiger partial charge in [-0.3, -0.25) is 4.79 Å². The molecule has 3 aromatic rings. The number of ether oxygens (including phenoxy) is 4. The Labute approximate surface area is 161 Å². The Hall–Kier alpha value is -3.32. The highest BCUT2D eigenvalue weighted by atomic mass is 16.6. The van der Waals surface area contributed by atoms with E-state index in [4.69, 9.17) is 23.4 Å². The minimum absolute atomic E-state index is 0.0729. The van der Waals surface area contributed by atoms with Crippen molar-refractivity contribution in [2.75, 3.05) is 20.3 Å². The highest BCUT2D eigenvalue weighted by molar-refractivity contribution is 5.81. The van der Waals surface area contributed by atoms with E-state index in [1.807, 2.05) is 13.0 Å². The van der Waals surface area contributed by atoms with Crippen LogP contribution in [0.25, 0.3) is 11.0 Å². The third-order valence-electron chi connectivity index (χ3n) is 3.84. The van der Waals surface area contributed by atoms with Crippen LogP contribution < -0.4 is 19.6 Å². The summed E-state index contributed by atoms with van der Waals surface area (Å²) in [7, 11) is 1.40. The number of esters is 1. The fourth-order valence-electron chi connectivity index (χ4n) is 2.65. The molecular weight excluding hydrogens is 364 g/mol. The van der Waals surface area contributed by atoms with E-state index in [0.29, 0.717) is 29.3 Å². The van der Waals surface area contributed by atoms with E-state index < -0.39 is 5.97 Å². The van der Waals surface area contributed by atoms with E-state index in [9.17, 15) is 9.59 Å². The molecule has 0 saturated heterocycles. The molecule has 0 radical (unpaired) electrons. The smallest absolute Gasteiger partial charge is 0.337 e. The molecule has 0 N–H and O–H groups in total. The summed E-state index contributed by atoms with van der Waals surface area (Å²) in [6.07, 6.45) is 0. The Bertz CT molecular complexity index is 1050. The van der Waals surface area contributed by atoms with Gasteiger partial charge >= 0.3 is 5.97 Å². The zero-order chi connectivity index (χ0) is 20.1. The van der Waals surface area contributed by atoms with Gasteiger partial charge in [-0.2, -0.15) is 0 Å². The van der Waals surface area contributed by atoms with Gasteiger partial charge in [0.1, 0.15) is 23.7 Å². The number of methoxy groups -OCH3 is 1. The topological polar surface area (TPSA) is 84.2 Å². The molecular formula is C21H20O7. The summed E-state index contributed by atoms with van der Waals surface area (Å²) in [6, 6.07) is 11.6.